The Balaban J connectivity index is 1.49. The molecule has 0 unspecified atom stereocenters. The molecular formula is C24H27N5O3. The molecule has 1 aliphatic rings. The molecular weight excluding hydrogens is 406 g/mol. The zero-order valence-corrected chi connectivity index (χ0v) is 18.6. The van der Waals surface area contributed by atoms with E-state index in [1.54, 1.807) is 26.4 Å². The SMILES string of the molecule is CCc1cc2ncc(CN3CC=C(c4cnc(C(=O)NC)cc4OC)CC3)cc2[nH]c1=O. The fraction of sp³-hybridized carbons (Fsp3) is 0.333. The fourth-order valence-corrected chi connectivity index (χ4v) is 3.97. The van der Waals surface area contributed by atoms with E-state index in [1.807, 2.05) is 25.3 Å². The summed E-state index contributed by atoms with van der Waals surface area (Å²) < 4.78 is 5.51. The first-order chi connectivity index (χ1) is 15.5. The number of nitrogens with one attached hydrogen (secondary N) is 2. The molecule has 0 saturated heterocycles. The van der Waals surface area contributed by atoms with Crippen LogP contribution in [-0.2, 0) is 13.0 Å². The third-order valence-electron chi connectivity index (χ3n) is 5.80. The molecule has 166 valence electrons. The third kappa shape index (κ3) is 4.40. The van der Waals surface area contributed by atoms with E-state index in [4.69, 9.17) is 4.74 Å². The molecule has 32 heavy (non-hydrogen) atoms. The molecule has 0 aliphatic carbocycles. The van der Waals surface area contributed by atoms with Gasteiger partial charge in [-0.1, -0.05) is 13.0 Å². The minimum atomic E-state index is -0.241. The first-order valence-electron chi connectivity index (χ1n) is 10.7. The van der Waals surface area contributed by atoms with Crippen molar-refractivity contribution in [2.45, 2.75) is 26.3 Å². The number of amides is 1. The number of nitrogens with zero attached hydrogens (tertiary/aromatic N) is 3. The van der Waals surface area contributed by atoms with Crippen LogP contribution >= 0.6 is 0 Å². The van der Waals surface area contributed by atoms with Crippen LogP contribution in [0.15, 0.2) is 41.5 Å². The number of hydrogen-bond donors (Lipinski definition) is 2. The monoisotopic (exact) mass is 433 g/mol. The Bertz CT molecular complexity index is 1250. The smallest absolute Gasteiger partial charge is 0.269 e. The molecule has 4 rings (SSSR count). The number of hydrogen-bond acceptors (Lipinski definition) is 6. The topological polar surface area (TPSA) is 100 Å². The molecule has 8 heteroatoms. The van der Waals surface area contributed by atoms with E-state index in [0.717, 1.165) is 59.4 Å². The van der Waals surface area contributed by atoms with Gasteiger partial charge < -0.3 is 15.0 Å². The van der Waals surface area contributed by atoms with E-state index in [1.165, 1.54) is 0 Å². The molecule has 0 bridgehead atoms. The highest BCUT2D eigenvalue weighted by molar-refractivity contribution is 5.93. The summed E-state index contributed by atoms with van der Waals surface area (Å²) in [6.45, 7) is 4.36. The van der Waals surface area contributed by atoms with Gasteiger partial charge in [0.25, 0.3) is 11.5 Å². The predicted octanol–water partition coefficient (Wildman–Crippen LogP) is 2.54. The van der Waals surface area contributed by atoms with Gasteiger partial charge in [0.2, 0.25) is 0 Å². The maximum Gasteiger partial charge on any atom is 0.269 e. The lowest BCUT2D eigenvalue weighted by molar-refractivity contribution is 0.0957. The molecule has 0 atom stereocenters. The number of pyridine rings is 3. The van der Waals surface area contributed by atoms with Gasteiger partial charge in [-0.3, -0.25) is 24.5 Å². The number of carbonyl (C=O) groups excluding carboxylic acids is 1. The van der Waals surface area contributed by atoms with Crippen LogP contribution in [0.1, 0.15) is 40.5 Å². The van der Waals surface area contributed by atoms with E-state index in [2.05, 4.69) is 31.2 Å². The highest BCUT2D eigenvalue weighted by Gasteiger charge is 2.18. The molecule has 4 heterocycles. The first-order valence-corrected chi connectivity index (χ1v) is 10.7. The van der Waals surface area contributed by atoms with Crippen molar-refractivity contribution < 1.29 is 9.53 Å². The van der Waals surface area contributed by atoms with Crippen molar-refractivity contribution in [1.29, 1.82) is 0 Å². The number of aryl methyl sites for hydroxylation is 1. The van der Waals surface area contributed by atoms with Gasteiger partial charge in [0.05, 0.1) is 18.1 Å². The van der Waals surface area contributed by atoms with Crippen LogP contribution in [0.25, 0.3) is 16.6 Å². The molecule has 0 radical (unpaired) electrons. The Hall–Kier alpha value is -3.52. The molecule has 0 saturated carbocycles. The summed E-state index contributed by atoms with van der Waals surface area (Å²) in [7, 11) is 3.18. The maximum absolute atomic E-state index is 12.1. The van der Waals surface area contributed by atoms with Crippen LogP contribution in [0.5, 0.6) is 5.75 Å². The van der Waals surface area contributed by atoms with Gasteiger partial charge in [-0.15, -0.1) is 0 Å². The van der Waals surface area contributed by atoms with E-state index < -0.39 is 0 Å². The van der Waals surface area contributed by atoms with Gasteiger partial charge in [-0.05, 0) is 36.1 Å². The molecule has 2 N–H and O–H groups in total. The molecule has 8 nitrogen and oxygen atoms in total. The van der Waals surface area contributed by atoms with Gasteiger partial charge in [-0.25, -0.2) is 0 Å². The Morgan fingerprint density at radius 1 is 1.25 bits per heavy atom. The van der Waals surface area contributed by atoms with Crippen LogP contribution in [0.4, 0.5) is 0 Å². The molecule has 0 fully saturated rings. The van der Waals surface area contributed by atoms with Crippen LogP contribution < -0.4 is 15.6 Å². The second-order valence-electron chi connectivity index (χ2n) is 7.82. The van der Waals surface area contributed by atoms with Crippen molar-refractivity contribution in [3.05, 3.63) is 69.4 Å². The van der Waals surface area contributed by atoms with Crippen molar-refractivity contribution in [3.63, 3.8) is 0 Å². The van der Waals surface area contributed by atoms with E-state index in [9.17, 15) is 9.59 Å². The van der Waals surface area contributed by atoms with Gasteiger partial charge in [-0.2, -0.15) is 0 Å². The number of rotatable bonds is 6. The number of carbonyl (C=O) groups is 1. The molecule has 0 spiro atoms. The average Bonchev–Trinajstić information content (AvgIpc) is 2.83. The summed E-state index contributed by atoms with van der Waals surface area (Å²) >= 11 is 0. The van der Waals surface area contributed by atoms with Crippen molar-refractivity contribution in [1.82, 2.24) is 25.2 Å². The van der Waals surface area contributed by atoms with Crippen LogP contribution in [0, 0.1) is 0 Å². The van der Waals surface area contributed by atoms with Gasteiger partial charge in [0.1, 0.15) is 11.4 Å². The lowest BCUT2D eigenvalue weighted by atomic mass is 9.99. The van der Waals surface area contributed by atoms with E-state index in [0.29, 0.717) is 17.9 Å². The Kier molecular flexibility index (Phi) is 6.32. The van der Waals surface area contributed by atoms with Gasteiger partial charge in [0, 0.05) is 56.3 Å². The van der Waals surface area contributed by atoms with Crippen molar-refractivity contribution >= 4 is 22.5 Å². The lowest BCUT2D eigenvalue weighted by Crippen LogP contribution is -2.28. The second-order valence-corrected chi connectivity index (χ2v) is 7.82. The molecule has 1 aliphatic heterocycles. The minimum Gasteiger partial charge on any atom is -0.496 e. The largest absolute Gasteiger partial charge is 0.496 e. The third-order valence-corrected chi connectivity index (χ3v) is 5.80. The summed E-state index contributed by atoms with van der Waals surface area (Å²) in [4.78, 5) is 38.1. The summed E-state index contributed by atoms with van der Waals surface area (Å²) in [5, 5.41) is 2.58. The summed E-state index contributed by atoms with van der Waals surface area (Å²) in [5.74, 6) is 0.405. The summed E-state index contributed by atoms with van der Waals surface area (Å²) in [5.41, 5.74) is 5.74. The average molecular weight is 434 g/mol. The van der Waals surface area contributed by atoms with Crippen molar-refractivity contribution in [2.75, 3.05) is 27.2 Å². The molecule has 3 aromatic heterocycles. The predicted molar refractivity (Wildman–Crippen MR) is 124 cm³/mol. The van der Waals surface area contributed by atoms with Crippen molar-refractivity contribution in [2.24, 2.45) is 0 Å². The van der Waals surface area contributed by atoms with Crippen LogP contribution in [0.3, 0.4) is 0 Å². The number of fused-ring (bicyclic) bond motifs is 1. The van der Waals surface area contributed by atoms with Gasteiger partial charge in [0.15, 0.2) is 0 Å². The Labute approximate surface area is 186 Å². The number of ether oxygens (including phenoxy) is 1. The normalized spacial score (nSPS) is 14.3. The molecule has 1 amide bonds. The van der Waals surface area contributed by atoms with E-state index >= 15 is 0 Å². The standard InChI is InChI=1S/C24H27N5O3/c1-4-16-10-19-20(28-23(16)30)9-15(12-26-19)14-29-7-5-17(6-8-29)18-13-27-21(24(31)25-2)11-22(18)32-3/h5,9-13H,4,6-8,14H2,1-3H3,(H,25,31)(H,28,30). The van der Waals surface area contributed by atoms with E-state index in [-0.39, 0.29) is 11.5 Å². The molecule has 0 aromatic carbocycles. The van der Waals surface area contributed by atoms with Gasteiger partial charge >= 0.3 is 0 Å². The zero-order chi connectivity index (χ0) is 22.7. The highest BCUT2D eigenvalue weighted by Crippen LogP contribution is 2.30. The Morgan fingerprint density at radius 2 is 2.09 bits per heavy atom. The summed E-state index contributed by atoms with van der Waals surface area (Å²) in [6, 6.07) is 5.55. The highest BCUT2D eigenvalue weighted by atomic mass is 16.5. The molecule has 3 aromatic rings. The van der Waals surface area contributed by atoms with Crippen molar-refractivity contribution in [3.8, 4) is 5.75 Å². The Morgan fingerprint density at radius 3 is 2.78 bits per heavy atom. The number of aromatic amines is 1. The quantitative estimate of drug-likeness (QED) is 0.620. The lowest BCUT2D eigenvalue weighted by Gasteiger charge is -2.27. The zero-order valence-electron chi connectivity index (χ0n) is 18.6. The minimum absolute atomic E-state index is 0.0468. The fourth-order valence-electron chi connectivity index (χ4n) is 3.97. The first kappa shape index (κ1) is 21.7. The maximum atomic E-state index is 12.1. The number of methoxy groups -OCH3 is 1. The van der Waals surface area contributed by atoms with Crippen LogP contribution in [-0.4, -0.2) is 53.0 Å². The second kappa shape index (κ2) is 9.32. The number of aromatic nitrogens is 3. The summed E-state index contributed by atoms with van der Waals surface area (Å²) in [6.07, 6.45) is 7.29. The van der Waals surface area contributed by atoms with Crippen LogP contribution in [0.2, 0.25) is 0 Å². The number of H-pyrrole nitrogens is 1.